The van der Waals surface area contributed by atoms with E-state index in [2.05, 4.69) is 4.84 Å². The molecule has 0 unspecified atom stereocenters. The van der Waals surface area contributed by atoms with E-state index in [9.17, 15) is 0 Å². The lowest BCUT2D eigenvalue weighted by molar-refractivity contribution is 0.414. The van der Waals surface area contributed by atoms with Crippen LogP contribution in [0.5, 0.6) is 5.75 Å². The molecule has 3 heteroatoms. The standard InChI is InChI=1S/C9H12ClNO/c1-12-9-4-2-8(3-5-9)6-7-11-10/h2-5,11H,6-7H2,1H3. The lowest BCUT2D eigenvalue weighted by Crippen LogP contribution is -2.03. The molecule has 0 saturated carbocycles. The van der Waals surface area contributed by atoms with Gasteiger partial charge in [0, 0.05) is 6.54 Å². The highest BCUT2D eigenvalue weighted by molar-refractivity contribution is 6.13. The maximum absolute atomic E-state index is 5.34. The predicted molar refractivity (Wildman–Crippen MR) is 50.6 cm³/mol. The van der Waals surface area contributed by atoms with Crippen LogP contribution < -0.4 is 9.57 Å². The van der Waals surface area contributed by atoms with Crippen LogP contribution in [0.1, 0.15) is 5.56 Å². The summed E-state index contributed by atoms with van der Waals surface area (Å²) in [7, 11) is 1.66. The summed E-state index contributed by atoms with van der Waals surface area (Å²) in [4.78, 5) is 2.59. The minimum absolute atomic E-state index is 0.786. The highest BCUT2D eigenvalue weighted by Gasteiger charge is 1.92. The summed E-state index contributed by atoms with van der Waals surface area (Å²) in [6.07, 6.45) is 0.938. The molecule has 1 aromatic carbocycles. The Morgan fingerprint density at radius 3 is 2.50 bits per heavy atom. The Balaban J connectivity index is 2.53. The van der Waals surface area contributed by atoms with Crippen molar-refractivity contribution in [3.8, 4) is 5.75 Å². The van der Waals surface area contributed by atoms with Crippen molar-refractivity contribution in [3.63, 3.8) is 0 Å². The van der Waals surface area contributed by atoms with Crippen LogP contribution in [0.15, 0.2) is 24.3 Å². The van der Waals surface area contributed by atoms with E-state index in [0.717, 1.165) is 18.7 Å². The molecule has 2 nitrogen and oxygen atoms in total. The van der Waals surface area contributed by atoms with Crippen LogP contribution in [0.3, 0.4) is 0 Å². The maximum Gasteiger partial charge on any atom is 0.118 e. The summed E-state index contributed by atoms with van der Waals surface area (Å²) in [5.74, 6) is 0.887. The molecule has 0 radical (unpaired) electrons. The molecule has 1 aromatic rings. The van der Waals surface area contributed by atoms with Crippen LogP contribution in [0.2, 0.25) is 0 Å². The van der Waals surface area contributed by atoms with Crippen molar-refractivity contribution >= 4 is 11.8 Å². The quantitative estimate of drug-likeness (QED) is 0.725. The van der Waals surface area contributed by atoms with Gasteiger partial charge >= 0.3 is 0 Å². The van der Waals surface area contributed by atoms with E-state index in [0.29, 0.717) is 0 Å². The Bertz CT molecular complexity index is 222. The average molecular weight is 186 g/mol. The van der Waals surface area contributed by atoms with Gasteiger partial charge in [0.2, 0.25) is 0 Å². The summed E-state index contributed by atoms with van der Waals surface area (Å²) in [5, 5.41) is 0. The van der Waals surface area contributed by atoms with Crippen LogP contribution >= 0.6 is 11.8 Å². The van der Waals surface area contributed by atoms with Gasteiger partial charge in [-0.25, -0.2) is 4.84 Å². The predicted octanol–water partition coefficient (Wildman–Crippen LogP) is 1.98. The second kappa shape index (κ2) is 5.01. The first-order valence-corrected chi connectivity index (χ1v) is 4.21. The Morgan fingerprint density at radius 1 is 1.33 bits per heavy atom. The van der Waals surface area contributed by atoms with Crippen molar-refractivity contribution in [2.45, 2.75) is 6.42 Å². The van der Waals surface area contributed by atoms with Gasteiger partial charge in [-0.15, -0.1) is 0 Å². The van der Waals surface area contributed by atoms with Gasteiger partial charge in [0.05, 0.1) is 7.11 Å². The Morgan fingerprint density at radius 2 is 2.00 bits per heavy atom. The largest absolute Gasteiger partial charge is 0.497 e. The van der Waals surface area contributed by atoms with E-state index >= 15 is 0 Å². The fourth-order valence-electron chi connectivity index (χ4n) is 0.984. The normalized spacial score (nSPS) is 9.83. The molecule has 0 bridgehead atoms. The van der Waals surface area contributed by atoms with Crippen molar-refractivity contribution in [2.75, 3.05) is 13.7 Å². The Labute approximate surface area is 77.6 Å². The summed E-state index contributed by atoms with van der Waals surface area (Å²) in [6, 6.07) is 7.97. The minimum atomic E-state index is 0.786. The molecule has 0 amide bonds. The average Bonchev–Trinajstić information content (AvgIpc) is 2.15. The van der Waals surface area contributed by atoms with Crippen LogP contribution in [-0.2, 0) is 6.42 Å². The molecule has 0 atom stereocenters. The third kappa shape index (κ3) is 2.72. The van der Waals surface area contributed by atoms with Gasteiger partial charge in [0.1, 0.15) is 5.75 Å². The molecule has 0 heterocycles. The lowest BCUT2D eigenvalue weighted by atomic mass is 10.1. The Kier molecular flexibility index (Phi) is 3.91. The van der Waals surface area contributed by atoms with Gasteiger partial charge in [0.15, 0.2) is 0 Å². The van der Waals surface area contributed by atoms with Crippen molar-refractivity contribution in [1.29, 1.82) is 0 Å². The van der Waals surface area contributed by atoms with E-state index in [1.807, 2.05) is 24.3 Å². The van der Waals surface area contributed by atoms with Gasteiger partial charge in [-0.05, 0) is 35.9 Å². The van der Waals surface area contributed by atoms with Crippen molar-refractivity contribution in [3.05, 3.63) is 29.8 Å². The third-order valence-corrected chi connectivity index (χ3v) is 1.86. The second-order valence-corrected chi connectivity index (χ2v) is 2.75. The molecular formula is C9H12ClNO. The molecule has 1 rings (SSSR count). The molecule has 1 N–H and O–H groups in total. The number of halogens is 1. The first kappa shape index (κ1) is 9.36. The van der Waals surface area contributed by atoms with E-state index in [4.69, 9.17) is 16.5 Å². The molecule has 0 aliphatic carbocycles. The van der Waals surface area contributed by atoms with Crippen molar-refractivity contribution < 1.29 is 4.74 Å². The topological polar surface area (TPSA) is 21.3 Å². The highest BCUT2D eigenvalue weighted by atomic mass is 35.5. The molecule has 0 aliphatic heterocycles. The van der Waals surface area contributed by atoms with Gasteiger partial charge in [-0.2, -0.15) is 0 Å². The first-order chi connectivity index (χ1) is 5.86. The number of hydrogen-bond donors (Lipinski definition) is 1. The monoisotopic (exact) mass is 185 g/mol. The van der Waals surface area contributed by atoms with Gasteiger partial charge < -0.3 is 4.74 Å². The summed E-state index contributed by atoms with van der Waals surface area (Å²) >= 11 is 5.34. The van der Waals surface area contributed by atoms with Crippen LogP contribution in [-0.4, -0.2) is 13.7 Å². The molecule has 0 saturated heterocycles. The van der Waals surface area contributed by atoms with Crippen molar-refractivity contribution in [2.24, 2.45) is 0 Å². The van der Waals surface area contributed by atoms with E-state index in [1.165, 1.54) is 5.56 Å². The molecular weight excluding hydrogens is 174 g/mol. The second-order valence-electron chi connectivity index (χ2n) is 2.48. The number of hydrogen-bond acceptors (Lipinski definition) is 2. The van der Waals surface area contributed by atoms with Gasteiger partial charge in [-0.1, -0.05) is 12.1 Å². The smallest absolute Gasteiger partial charge is 0.118 e. The lowest BCUT2D eigenvalue weighted by Gasteiger charge is -2.01. The first-order valence-electron chi connectivity index (χ1n) is 3.83. The third-order valence-electron chi connectivity index (χ3n) is 1.67. The SMILES string of the molecule is COc1ccc(CCNCl)cc1. The number of rotatable bonds is 4. The van der Waals surface area contributed by atoms with E-state index < -0.39 is 0 Å². The van der Waals surface area contributed by atoms with Crippen molar-refractivity contribution in [1.82, 2.24) is 4.84 Å². The fourth-order valence-corrected chi connectivity index (χ4v) is 1.08. The Hall–Kier alpha value is -0.730. The van der Waals surface area contributed by atoms with Gasteiger partial charge in [0.25, 0.3) is 0 Å². The molecule has 0 spiro atoms. The van der Waals surface area contributed by atoms with Gasteiger partial charge in [-0.3, -0.25) is 0 Å². The number of benzene rings is 1. The molecule has 0 aromatic heterocycles. The summed E-state index contributed by atoms with van der Waals surface area (Å²) in [5.41, 5.74) is 1.25. The zero-order valence-corrected chi connectivity index (χ0v) is 7.77. The summed E-state index contributed by atoms with van der Waals surface area (Å²) < 4.78 is 5.03. The van der Waals surface area contributed by atoms with E-state index in [1.54, 1.807) is 7.11 Å². The van der Waals surface area contributed by atoms with E-state index in [-0.39, 0.29) is 0 Å². The number of methoxy groups -OCH3 is 1. The summed E-state index contributed by atoms with van der Waals surface area (Å²) in [6.45, 7) is 0.786. The number of ether oxygens (including phenoxy) is 1. The minimum Gasteiger partial charge on any atom is -0.497 e. The molecule has 0 fully saturated rings. The molecule has 0 aliphatic rings. The molecule has 66 valence electrons. The maximum atomic E-state index is 5.34. The van der Waals surface area contributed by atoms with Crippen LogP contribution in [0.4, 0.5) is 0 Å². The number of nitrogens with one attached hydrogen (secondary N) is 1. The van der Waals surface area contributed by atoms with Crippen LogP contribution in [0.25, 0.3) is 0 Å². The zero-order valence-electron chi connectivity index (χ0n) is 7.01. The molecule has 12 heavy (non-hydrogen) atoms. The highest BCUT2D eigenvalue weighted by Crippen LogP contribution is 2.11. The zero-order chi connectivity index (χ0) is 8.81. The van der Waals surface area contributed by atoms with Crippen LogP contribution in [0, 0.1) is 0 Å². The fraction of sp³-hybridized carbons (Fsp3) is 0.333.